The third-order valence-corrected chi connectivity index (χ3v) is 6.01. The van der Waals surface area contributed by atoms with Crippen molar-refractivity contribution in [1.29, 1.82) is 0 Å². The number of rotatable bonds is 9. The van der Waals surface area contributed by atoms with Gasteiger partial charge in [0.25, 0.3) is 0 Å². The third kappa shape index (κ3) is 5.79. The maximum atomic E-state index is 15.2. The van der Waals surface area contributed by atoms with Crippen molar-refractivity contribution in [3.8, 4) is 16.9 Å². The molecule has 0 aliphatic heterocycles. The van der Waals surface area contributed by atoms with E-state index in [4.69, 9.17) is 0 Å². The monoisotopic (exact) mass is 518 g/mol. The second-order valence-corrected chi connectivity index (χ2v) is 8.50. The minimum absolute atomic E-state index is 0.0257. The Balaban J connectivity index is 1.57. The van der Waals surface area contributed by atoms with Gasteiger partial charge in [0.15, 0.2) is 17.4 Å². The summed E-state index contributed by atoms with van der Waals surface area (Å²) in [5.74, 6) is -5.76. The zero-order chi connectivity index (χ0) is 26.7. The molecular weight excluding hydrogens is 497 g/mol. The molecule has 0 fully saturated rings. The van der Waals surface area contributed by atoms with Gasteiger partial charge in [-0.2, -0.15) is 8.78 Å². The predicted molar refractivity (Wildman–Crippen MR) is 128 cm³/mol. The second kappa shape index (κ2) is 11.1. The van der Waals surface area contributed by atoms with Crippen LogP contribution in [0.15, 0.2) is 67.3 Å². The van der Waals surface area contributed by atoms with Crippen LogP contribution in [0.25, 0.3) is 21.9 Å². The Hall–Kier alpha value is -3.81. The number of halogens is 7. The first-order chi connectivity index (χ1) is 17.7. The van der Waals surface area contributed by atoms with Crippen LogP contribution in [-0.2, 0) is 19.3 Å². The molecule has 4 aromatic carbocycles. The van der Waals surface area contributed by atoms with E-state index >= 15 is 4.39 Å². The molecule has 0 unspecified atom stereocenters. The molecule has 192 valence electrons. The lowest BCUT2D eigenvalue weighted by Gasteiger charge is -2.12. The summed E-state index contributed by atoms with van der Waals surface area (Å²) in [5.41, 5.74) is 0.928. The molecule has 0 aliphatic rings. The van der Waals surface area contributed by atoms with E-state index in [1.165, 1.54) is 36.4 Å². The van der Waals surface area contributed by atoms with Gasteiger partial charge in [0, 0.05) is 5.39 Å². The molecule has 4 rings (SSSR count). The van der Waals surface area contributed by atoms with Gasteiger partial charge in [-0.1, -0.05) is 30.3 Å². The van der Waals surface area contributed by atoms with Crippen LogP contribution in [0, 0.1) is 29.1 Å². The molecule has 0 bridgehead atoms. The number of aryl methyl sites for hydroxylation is 3. The fraction of sp³-hybridized carbons (Fsp3) is 0.172. The normalized spacial score (nSPS) is 11.4. The Morgan fingerprint density at radius 2 is 1.35 bits per heavy atom. The van der Waals surface area contributed by atoms with E-state index in [9.17, 15) is 26.3 Å². The number of ether oxygens (including phenoxy) is 1. The molecule has 0 atom stereocenters. The van der Waals surface area contributed by atoms with Crippen LogP contribution in [-0.4, -0.2) is 6.61 Å². The molecule has 1 nitrogen and oxygen atoms in total. The molecule has 0 aromatic heterocycles. The molecule has 0 radical (unpaired) electrons. The van der Waals surface area contributed by atoms with E-state index < -0.39 is 41.4 Å². The summed E-state index contributed by atoms with van der Waals surface area (Å²) in [6.45, 7) is 0.220. The highest BCUT2D eigenvalue weighted by Gasteiger charge is 2.18. The van der Waals surface area contributed by atoms with Crippen molar-refractivity contribution in [3.05, 3.63) is 113 Å². The van der Waals surface area contributed by atoms with Gasteiger partial charge in [0.05, 0.1) is 5.56 Å². The number of allylic oxidation sites excluding steroid dienone is 1. The first-order valence-corrected chi connectivity index (χ1v) is 11.4. The summed E-state index contributed by atoms with van der Waals surface area (Å²) < 4.78 is 101. The maximum Gasteiger partial charge on any atom is 0.387 e. The van der Waals surface area contributed by atoms with Crippen LogP contribution >= 0.6 is 0 Å². The largest absolute Gasteiger partial charge is 0.429 e. The first-order valence-electron chi connectivity index (χ1n) is 11.4. The van der Waals surface area contributed by atoms with Crippen molar-refractivity contribution in [2.24, 2.45) is 0 Å². The fourth-order valence-electron chi connectivity index (χ4n) is 4.24. The van der Waals surface area contributed by atoms with E-state index in [-0.39, 0.29) is 40.5 Å². The fourth-order valence-corrected chi connectivity index (χ4v) is 4.24. The van der Waals surface area contributed by atoms with Gasteiger partial charge in [-0.15, -0.1) is 6.58 Å². The topological polar surface area (TPSA) is 9.23 Å². The average molecular weight is 518 g/mol. The Kier molecular flexibility index (Phi) is 7.86. The van der Waals surface area contributed by atoms with E-state index in [1.807, 2.05) is 0 Å². The van der Waals surface area contributed by atoms with E-state index in [0.29, 0.717) is 23.8 Å². The zero-order valence-electron chi connectivity index (χ0n) is 19.4. The van der Waals surface area contributed by atoms with Gasteiger partial charge in [-0.25, -0.2) is 22.0 Å². The maximum absolute atomic E-state index is 15.2. The molecule has 0 saturated heterocycles. The summed E-state index contributed by atoms with van der Waals surface area (Å²) in [7, 11) is 0. The van der Waals surface area contributed by atoms with E-state index in [1.54, 1.807) is 12.1 Å². The molecule has 0 aliphatic carbocycles. The Labute approximate surface area is 208 Å². The van der Waals surface area contributed by atoms with Gasteiger partial charge in [-0.05, 0) is 83.7 Å². The minimum atomic E-state index is -3.38. The first kappa shape index (κ1) is 26.3. The highest BCUT2D eigenvalue weighted by Crippen LogP contribution is 2.32. The van der Waals surface area contributed by atoms with Gasteiger partial charge in [0.2, 0.25) is 0 Å². The highest BCUT2D eigenvalue weighted by atomic mass is 19.3. The summed E-state index contributed by atoms with van der Waals surface area (Å²) in [6, 6.07) is 11.7. The molecule has 0 saturated carbocycles. The van der Waals surface area contributed by atoms with Crippen LogP contribution in [0.1, 0.15) is 23.1 Å². The smallest absolute Gasteiger partial charge is 0.387 e. The molecule has 37 heavy (non-hydrogen) atoms. The zero-order valence-corrected chi connectivity index (χ0v) is 19.4. The van der Waals surface area contributed by atoms with Crippen LogP contribution in [0.2, 0.25) is 0 Å². The van der Waals surface area contributed by atoms with Gasteiger partial charge >= 0.3 is 6.61 Å². The lowest BCUT2D eigenvalue weighted by atomic mass is 9.95. The van der Waals surface area contributed by atoms with Crippen molar-refractivity contribution >= 4 is 10.8 Å². The molecule has 4 aromatic rings. The Bertz CT molecular complexity index is 1420. The van der Waals surface area contributed by atoms with Crippen LogP contribution in [0.4, 0.5) is 30.7 Å². The van der Waals surface area contributed by atoms with Gasteiger partial charge in [0.1, 0.15) is 17.5 Å². The SMILES string of the molecule is C=CCCc1cc(F)c(-c2ccc3c(F)c(CCc4cc(F)c(OC(F)F)c(F)c4)ccc3c2)c(F)c1. The van der Waals surface area contributed by atoms with E-state index in [0.717, 1.165) is 12.1 Å². The quantitative estimate of drug-likeness (QED) is 0.159. The second-order valence-electron chi connectivity index (χ2n) is 8.50. The summed E-state index contributed by atoms with van der Waals surface area (Å²) in [4.78, 5) is 0. The highest BCUT2D eigenvalue weighted by molar-refractivity contribution is 5.88. The number of fused-ring (bicyclic) bond motifs is 1. The standard InChI is InChI=1S/C29H21F7O/c1-2-3-4-16-11-22(30)26(23(31)12-16)20-9-10-21-19(15-20)8-7-18(27(21)34)6-5-17-13-24(32)28(25(33)14-17)37-29(35)36/h2,7-15,29H,1,3-6H2. The van der Waals surface area contributed by atoms with Crippen LogP contribution < -0.4 is 4.74 Å². The van der Waals surface area contributed by atoms with Crippen molar-refractivity contribution in [3.63, 3.8) is 0 Å². The third-order valence-electron chi connectivity index (χ3n) is 6.01. The van der Waals surface area contributed by atoms with Crippen molar-refractivity contribution in [2.75, 3.05) is 0 Å². The molecule has 0 N–H and O–H groups in total. The Morgan fingerprint density at radius 3 is 1.97 bits per heavy atom. The number of benzene rings is 4. The minimum Gasteiger partial charge on any atom is -0.429 e. The lowest BCUT2D eigenvalue weighted by molar-refractivity contribution is -0.0546. The van der Waals surface area contributed by atoms with Crippen molar-refractivity contribution in [1.82, 2.24) is 0 Å². The van der Waals surface area contributed by atoms with E-state index in [2.05, 4.69) is 11.3 Å². The van der Waals surface area contributed by atoms with Gasteiger partial charge in [-0.3, -0.25) is 0 Å². The number of hydrogen-bond donors (Lipinski definition) is 0. The molecule has 0 spiro atoms. The lowest BCUT2D eigenvalue weighted by Crippen LogP contribution is -2.06. The summed E-state index contributed by atoms with van der Waals surface area (Å²) >= 11 is 0. The number of hydrogen-bond acceptors (Lipinski definition) is 1. The Morgan fingerprint density at radius 1 is 0.730 bits per heavy atom. The number of alkyl halides is 2. The summed E-state index contributed by atoms with van der Waals surface area (Å²) in [6.07, 6.45) is 2.78. The average Bonchev–Trinajstić information content (AvgIpc) is 2.84. The predicted octanol–water partition coefficient (Wildman–Crippen LogP) is 8.71. The van der Waals surface area contributed by atoms with Crippen molar-refractivity contribution in [2.45, 2.75) is 32.3 Å². The van der Waals surface area contributed by atoms with Crippen LogP contribution in [0.3, 0.4) is 0 Å². The molecule has 8 heteroatoms. The molecular formula is C29H21F7O. The van der Waals surface area contributed by atoms with Crippen LogP contribution in [0.5, 0.6) is 5.75 Å². The molecule has 0 amide bonds. The van der Waals surface area contributed by atoms with Crippen molar-refractivity contribution < 1.29 is 35.5 Å². The van der Waals surface area contributed by atoms with Gasteiger partial charge < -0.3 is 4.74 Å². The molecule has 0 heterocycles. The summed E-state index contributed by atoms with van der Waals surface area (Å²) in [5, 5.41) is 0.626.